The van der Waals surface area contributed by atoms with Crippen LogP contribution in [0.25, 0.3) is 0 Å². The van der Waals surface area contributed by atoms with Crippen molar-refractivity contribution >= 4 is 22.6 Å². The van der Waals surface area contributed by atoms with Gasteiger partial charge in [-0.05, 0) is 37.8 Å². The van der Waals surface area contributed by atoms with E-state index >= 15 is 0 Å². The summed E-state index contributed by atoms with van der Waals surface area (Å²) >= 11 is 1.42. The van der Waals surface area contributed by atoms with Gasteiger partial charge in [0.1, 0.15) is 5.82 Å². The SMILES string of the molecule is CC(C)N(CCC(=O)NC1CCN(Cc2ccccc2)CC1)c1nc(Cc2ccccc2)ns1. The van der Waals surface area contributed by atoms with E-state index in [4.69, 9.17) is 4.98 Å². The van der Waals surface area contributed by atoms with E-state index in [0.717, 1.165) is 49.9 Å². The van der Waals surface area contributed by atoms with Gasteiger partial charge in [-0.3, -0.25) is 9.69 Å². The molecule has 1 aliphatic heterocycles. The fourth-order valence-electron chi connectivity index (χ4n) is 4.39. The van der Waals surface area contributed by atoms with Crippen molar-refractivity contribution in [1.82, 2.24) is 19.6 Å². The monoisotopic (exact) mass is 477 g/mol. The topological polar surface area (TPSA) is 61.4 Å². The van der Waals surface area contributed by atoms with Gasteiger partial charge in [-0.1, -0.05) is 60.7 Å². The van der Waals surface area contributed by atoms with Crippen molar-refractivity contribution in [1.29, 1.82) is 0 Å². The maximum atomic E-state index is 12.7. The molecule has 0 atom stereocenters. The van der Waals surface area contributed by atoms with Gasteiger partial charge >= 0.3 is 0 Å². The van der Waals surface area contributed by atoms with Crippen LogP contribution in [0.1, 0.15) is 50.1 Å². The maximum Gasteiger partial charge on any atom is 0.221 e. The molecular weight excluding hydrogens is 442 g/mol. The highest BCUT2D eigenvalue weighted by molar-refractivity contribution is 7.09. The van der Waals surface area contributed by atoms with Gasteiger partial charge < -0.3 is 10.2 Å². The average Bonchev–Trinajstić information content (AvgIpc) is 3.29. The number of nitrogens with one attached hydrogen (secondary N) is 1. The standard InChI is InChI=1S/C27H35N5OS/c1-21(2)32(27-29-25(30-34-27)19-22-9-5-3-6-10-22)18-15-26(33)28-24-13-16-31(17-14-24)20-23-11-7-4-8-12-23/h3-12,21,24H,13-20H2,1-2H3,(H,28,33). The molecule has 1 amide bonds. The van der Waals surface area contributed by atoms with E-state index < -0.39 is 0 Å². The predicted molar refractivity (Wildman–Crippen MR) is 139 cm³/mol. The first-order valence-electron chi connectivity index (χ1n) is 12.3. The van der Waals surface area contributed by atoms with Gasteiger partial charge in [-0.25, -0.2) is 4.98 Å². The number of piperidine rings is 1. The molecule has 1 fully saturated rings. The Morgan fingerprint density at radius 3 is 2.35 bits per heavy atom. The Balaban J connectivity index is 1.22. The fraction of sp³-hybridized carbons (Fsp3) is 0.444. The summed E-state index contributed by atoms with van der Waals surface area (Å²) < 4.78 is 4.56. The number of carbonyl (C=O) groups is 1. The lowest BCUT2D eigenvalue weighted by molar-refractivity contribution is -0.121. The summed E-state index contributed by atoms with van der Waals surface area (Å²) in [5.41, 5.74) is 2.56. The second-order valence-electron chi connectivity index (χ2n) is 9.30. The van der Waals surface area contributed by atoms with Crippen molar-refractivity contribution in [2.45, 2.75) is 58.2 Å². The Morgan fingerprint density at radius 2 is 1.71 bits per heavy atom. The molecule has 1 N–H and O–H groups in total. The third-order valence-corrected chi connectivity index (χ3v) is 7.10. The van der Waals surface area contributed by atoms with Crippen LogP contribution in [0.5, 0.6) is 0 Å². The van der Waals surface area contributed by atoms with Crippen LogP contribution in [0.15, 0.2) is 60.7 Å². The zero-order valence-electron chi connectivity index (χ0n) is 20.2. The quantitative estimate of drug-likeness (QED) is 0.465. The predicted octanol–water partition coefficient (Wildman–Crippen LogP) is 4.51. The Morgan fingerprint density at radius 1 is 1.06 bits per heavy atom. The molecule has 1 saturated heterocycles. The summed E-state index contributed by atoms with van der Waals surface area (Å²) in [5.74, 6) is 0.963. The molecule has 2 heterocycles. The van der Waals surface area contributed by atoms with E-state index in [1.54, 1.807) is 0 Å². The largest absolute Gasteiger partial charge is 0.353 e. The Bertz CT molecular complexity index is 1020. The molecule has 0 spiro atoms. The number of rotatable bonds is 10. The highest BCUT2D eigenvalue weighted by Gasteiger charge is 2.22. The van der Waals surface area contributed by atoms with E-state index in [9.17, 15) is 4.79 Å². The van der Waals surface area contributed by atoms with E-state index in [0.29, 0.717) is 13.0 Å². The minimum Gasteiger partial charge on any atom is -0.353 e. The Kier molecular flexibility index (Phi) is 8.66. The van der Waals surface area contributed by atoms with Crippen LogP contribution in [0.2, 0.25) is 0 Å². The fourth-order valence-corrected chi connectivity index (χ4v) is 5.23. The molecule has 0 aliphatic carbocycles. The Labute approximate surface area is 207 Å². The van der Waals surface area contributed by atoms with Gasteiger partial charge in [-0.2, -0.15) is 4.37 Å². The van der Waals surface area contributed by atoms with Gasteiger partial charge in [0.25, 0.3) is 0 Å². The number of likely N-dealkylation sites (tertiary alicyclic amines) is 1. The van der Waals surface area contributed by atoms with Crippen molar-refractivity contribution in [2.24, 2.45) is 0 Å². The third-order valence-electron chi connectivity index (χ3n) is 6.31. The lowest BCUT2D eigenvalue weighted by atomic mass is 10.0. The van der Waals surface area contributed by atoms with E-state index in [1.807, 2.05) is 18.2 Å². The molecule has 0 saturated carbocycles. The third kappa shape index (κ3) is 7.11. The average molecular weight is 478 g/mol. The number of hydrogen-bond donors (Lipinski definition) is 1. The molecule has 0 radical (unpaired) electrons. The summed E-state index contributed by atoms with van der Waals surface area (Å²) in [5, 5.41) is 4.15. The first-order valence-corrected chi connectivity index (χ1v) is 13.0. The molecule has 180 valence electrons. The molecule has 2 aromatic carbocycles. The molecule has 7 heteroatoms. The van der Waals surface area contributed by atoms with Gasteiger partial charge in [0.05, 0.1) is 0 Å². The highest BCUT2D eigenvalue weighted by atomic mass is 32.1. The molecule has 0 bridgehead atoms. The summed E-state index contributed by atoms with van der Waals surface area (Å²) in [6.45, 7) is 7.95. The first kappa shape index (κ1) is 24.4. The molecule has 3 aromatic rings. The molecule has 0 unspecified atom stereocenters. The number of anilines is 1. The van der Waals surface area contributed by atoms with E-state index in [-0.39, 0.29) is 18.0 Å². The molecule has 6 nitrogen and oxygen atoms in total. The van der Waals surface area contributed by atoms with Crippen LogP contribution in [0, 0.1) is 0 Å². The van der Waals surface area contributed by atoms with Crippen molar-refractivity contribution in [3.63, 3.8) is 0 Å². The summed E-state index contributed by atoms with van der Waals surface area (Å²) in [7, 11) is 0. The number of aromatic nitrogens is 2. The second kappa shape index (κ2) is 12.1. The maximum absolute atomic E-state index is 12.7. The Hall–Kier alpha value is -2.77. The second-order valence-corrected chi connectivity index (χ2v) is 10.0. The van der Waals surface area contributed by atoms with Crippen LogP contribution in [0.4, 0.5) is 5.13 Å². The minimum absolute atomic E-state index is 0.126. The van der Waals surface area contributed by atoms with Gasteiger partial charge in [0.2, 0.25) is 11.0 Å². The summed E-state index contributed by atoms with van der Waals surface area (Å²) in [4.78, 5) is 22.1. The van der Waals surface area contributed by atoms with E-state index in [2.05, 4.69) is 75.8 Å². The van der Waals surface area contributed by atoms with Gasteiger partial charge in [-0.15, -0.1) is 0 Å². The smallest absolute Gasteiger partial charge is 0.221 e. The van der Waals surface area contributed by atoms with Crippen molar-refractivity contribution in [3.8, 4) is 0 Å². The van der Waals surface area contributed by atoms with Crippen LogP contribution in [-0.2, 0) is 17.8 Å². The molecule has 4 rings (SSSR count). The van der Waals surface area contributed by atoms with Crippen LogP contribution in [-0.4, -0.2) is 51.9 Å². The van der Waals surface area contributed by atoms with Crippen molar-refractivity contribution in [3.05, 3.63) is 77.6 Å². The highest BCUT2D eigenvalue weighted by Crippen LogP contribution is 2.22. The first-order chi connectivity index (χ1) is 16.6. The normalized spacial score (nSPS) is 14.9. The summed E-state index contributed by atoms with van der Waals surface area (Å²) in [6, 6.07) is 21.4. The number of benzene rings is 2. The van der Waals surface area contributed by atoms with E-state index in [1.165, 1.54) is 22.7 Å². The minimum atomic E-state index is 0.126. The van der Waals surface area contributed by atoms with Crippen LogP contribution >= 0.6 is 11.5 Å². The van der Waals surface area contributed by atoms with Crippen LogP contribution < -0.4 is 10.2 Å². The van der Waals surface area contributed by atoms with Crippen molar-refractivity contribution < 1.29 is 4.79 Å². The van der Waals surface area contributed by atoms with Crippen molar-refractivity contribution in [2.75, 3.05) is 24.5 Å². The molecule has 1 aliphatic rings. The zero-order valence-corrected chi connectivity index (χ0v) is 21.0. The number of hydrogen-bond acceptors (Lipinski definition) is 6. The lowest BCUT2D eigenvalue weighted by Gasteiger charge is -2.32. The lowest BCUT2D eigenvalue weighted by Crippen LogP contribution is -2.45. The number of carbonyl (C=O) groups excluding carboxylic acids is 1. The number of amides is 1. The number of nitrogens with zero attached hydrogens (tertiary/aromatic N) is 4. The van der Waals surface area contributed by atoms with Gasteiger partial charge in [0, 0.05) is 62.6 Å². The zero-order chi connectivity index (χ0) is 23.8. The molecular formula is C27H35N5OS. The van der Waals surface area contributed by atoms with Crippen LogP contribution in [0.3, 0.4) is 0 Å². The molecule has 1 aromatic heterocycles. The summed E-state index contributed by atoms with van der Waals surface area (Å²) in [6.07, 6.45) is 3.21. The molecule has 34 heavy (non-hydrogen) atoms. The van der Waals surface area contributed by atoms with Gasteiger partial charge in [0.15, 0.2) is 0 Å².